The fourth-order valence-corrected chi connectivity index (χ4v) is 3.34. The summed E-state index contributed by atoms with van der Waals surface area (Å²) in [6.45, 7) is 0.684. The Morgan fingerprint density at radius 1 is 1.26 bits per heavy atom. The first-order valence-electron chi connectivity index (χ1n) is 7.33. The van der Waals surface area contributed by atoms with Crippen molar-refractivity contribution in [2.45, 2.75) is 43.6 Å². The average Bonchev–Trinajstić information content (AvgIpc) is 3.15. The van der Waals surface area contributed by atoms with E-state index in [0.717, 1.165) is 31.2 Å². The number of carbonyl (C=O) groups is 1. The maximum absolute atomic E-state index is 12.6. The van der Waals surface area contributed by atoms with E-state index in [2.05, 4.69) is 17.4 Å². The van der Waals surface area contributed by atoms with Crippen molar-refractivity contribution < 1.29 is 4.79 Å². The highest BCUT2D eigenvalue weighted by Gasteiger charge is 2.51. The summed E-state index contributed by atoms with van der Waals surface area (Å²) in [4.78, 5) is 12.6. The maximum atomic E-state index is 12.6. The molecule has 2 atom stereocenters. The minimum Gasteiger partial charge on any atom is -0.352 e. The van der Waals surface area contributed by atoms with Crippen LogP contribution in [0.25, 0.3) is 0 Å². The van der Waals surface area contributed by atoms with E-state index < -0.39 is 0 Å². The normalized spacial score (nSPS) is 28.1. The third kappa shape index (κ3) is 2.27. The molecule has 0 radical (unpaired) electrons. The van der Waals surface area contributed by atoms with Gasteiger partial charge in [-0.1, -0.05) is 36.8 Å². The number of nitrogens with one attached hydrogen (secondary N) is 1. The monoisotopic (exact) mass is 258 g/mol. The highest BCUT2D eigenvalue weighted by molar-refractivity contribution is 5.91. The van der Waals surface area contributed by atoms with Crippen LogP contribution in [0.3, 0.4) is 0 Å². The lowest BCUT2D eigenvalue weighted by atomic mass is 9.94. The van der Waals surface area contributed by atoms with Crippen LogP contribution in [0.2, 0.25) is 0 Å². The van der Waals surface area contributed by atoms with Crippen LogP contribution >= 0.6 is 0 Å². The van der Waals surface area contributed by atoms with E-state index in [0.29, 0.717) is 18.5 Å². The molecule has 2 aliphatic carbocycles. The lowest BCUT2D eigenvalue weighted by molar-refractivity contribution is -0.124. The van der Waals surface area contributed by atoms with Gasteiger partial charge in [-0.2, -0.15) is 0 Å². The maximum Gasteiger partial charge on any atom is 0.230 e. The van der Waals surface area contributed by atoms with Crippen LogP contribution in [-0.4, -0.2) is 18.5 Å². The second-order valence-corrected chi connectivity index (χ2v) is 5.95. The number of benzene rings is 1. The molecule has 2 unspecified atom stereocenters. The lowest BCUT2D eigenvalue weighted by Crippen LogP contribution is -2.44. The molecule has 102 valence electrons. The Hall–Kier alpha value is -1.35. The SMILES string of the molecule is NCC1CCCC1NC(=O)C1(c2ccccc2)CC1. The van der Waals surface area contributed by atoms with Crippen molar-refractivity contribution in [1.29, 1.82) is 0 Å². The van der Waals surface area contributed by atoms with Crippen molar-refractivity contribution in [1.82, 2.24) is 5.32 Å². The quantitative estimate of drug-likeness (QED) is 0.867. The molecule has 1 aromatic carbocycles. The van der Waals surface area contributed by atoms with Gasteiger partial charge in [0.25, 0.3) is 0 Å². The largest absolute Gasteiger partial charge is 0.352 e. The molecule has 0 aliphatic heterocycles. The smallest absolute Gasteiger partial charge is 0.230 e. The Labute approximate surface area is 114 Å². The minimum absolute atomic E-state index is 0.212. The van der Waals surface area contributed by atoms with Crippen molar-refractivity contribution in [3.63, 3.8) is 0 Å². The van der Waals surface area contributed by atoms with Crippen LogP contribution in [0.1, 0.15) is 37.7 Å². The predicted octanol–water partition coefficient (Wildman–Crippen LogP) is 1.96. The lowest BCUT2D eigenvalue weighted by Gasteiger charge is -2.23. The molecule has 0 aromatic heterocycles. The Morgan fingerprint density at radius 2 is 2.00 bits per heavy atom. The van der Waals surface area contributed by atoms with Crippen LogP contribution in [0.4, 0.5) is 0 Å². The summed E-state index contributed by atoms with van der Waals surface area (Å²) in [5.74, 6) is 0.680. The number of carbonyl (C=O) groups excluding carboxylic acids is 1. The van der Waals surface area contributed by atoms with Gasteiger partial charge in [0.1, 0.15) is 0 Å². The first kappa shape index (κ1) is 12.7. The van der Waals surface area contributed by atoms with Crippen LogP contribution in [-0.2, 0) is 10.2 Å². The van der Waals surface area contributed by atoms with E-state index in [1.54, 1.807) is 0 Å². The average molecular weight is 258 g/mol. The zero-order valence-corrected chi connectivity index (χ0v) is 11.3. The molecule has 3 heteroatoms. The predicted molar refractivity (Wildman–Crippen MR) is 75.7 cm³/mol. The molecule has 0 spiro atoms. The molecule has 0 heterocycles. The summed E-state index contributed by atoms with van der Waals surface area (Å²) in [5, 5.41) is 3.26. The molecule has 0 saturated heterocycles. The summed E-state index contributed by atoms with van der Waals surface area (Å²) < 4.78 is 0. The van der Waals surface area contributed by atoms with Gasteiger partial charge in [0.05, 0.1) is 5.41 Å². The van der Waals surface area contributed by atoms with Crippen LogP contribution in [0.5, 0.6) is 0 Å². The zero-order valence-electron chi connectivity index (χ0n) is 11.3. The van der Waals surface area contributed by atoms with Crippen LogP contribution in [0, 0.1) is 5.92 Å². The zero-order chi connectivity index (χ0) is 13.3. The Kier molecular flexibility index (Phi) is 3.31. The first-order chi connectivity index (χ1) is 9.26. The Balaban J connectivity index is 1.71. The van der Waals surface area contributed by atoms with Crippen molar-refractivity contribution >= 4 is 5.91 Å². The Morgan fingerprint density at radius 3 is 2.63 bits per heavy atom. The highest BCUT2D eigenvalue weighted by Crippen LogP contribution is 2.48. The third-order valence-electron chi connectivity index (χ3n) is 4.79. The van der Waals surface area contributed by atoms with E-state index in [1.165, 1.54) is 6.42 Å². The van der Waals surface area contributed by atoms with Gasteiger partial charge in [-0.3, -0.25) is 4.79 Å². The van der Waals surface area contributed by atoms with E-state index in [1.807, 2.05) is 18.2 Å². The van der Waals surface area contributed by atoms with Gasteiger partial charge < -0.3 is 11.1 Å². The Bertz CT molecular complexity index is 453. The van der Waals surface area contributed by atoms with Gasteiger partial charge in [-0.05, 0) is 43.7 Å². The van der Waals surface area contributed by atoms with Crippen molar-refractivity contribution in [2.24, 2.45) is 11.7 Å². The first-order valence-corrected chi connectivity index (χ1v) is 7.33. The minimum atomic E-state index is -0.247. The summed E-state index contributed by atoms with van der Waals surface area (Å²) in [6, 6.07) is 10.5. The molecule has 2 fully saturated rings. The number of hydrogen-bond donors (Lipinski definition) is 2. The molecule has 1 aromatic rings. The van der Waals surface area contributed by atoms with Gasteiger partial charge in [-0.15, -0.1) is 0 Å². The third-order valence-corrected chi connectivity index (χ3v) is 4.79. The number of hydrogen-bond acceptors (Lipinski definition) is 2. The molecule has 0 bridgehead atoms. The summed E-state index contributed by atoms with van der Waals surface area (Å²) >= 11 is 0. The van der Waals surface area contributed by atoms with Crippen molar-refractivity contribution in [2.75, 3.05) is 6.54 Å². The molecular weight excluding hydrogens is 236 g/mol. The van der Waals surface area contributed by atoms with Gasteiger partial charge in [0.2, 0.25) is 5.91 Å². The molecule has 3 N–H and O–H groups in total. The van der Waals surface area contributed by atoms with Gasteiger partial charge in [0, 0.05) is 6.04 Å². The molecule has 2 aliphatic rings. The second kappa shape index (κ2) is 4.97. The molecule has 3 nitrogen and oxygen atoms in total. The molecule has 1 amide bonds. The number of amides is 1. The summed E-state index contributed by atoms with van der Waals surface area (Å²) in [7, 11) is 0. The van der Waals surface area contributed by atoms with E-state index in [9.17, 15) is 4.79 Å². The topological polar surface area (TPSA) is 55.1 Å². The van der Waals surface area contributed by atoms with Crippen molar-refractivity contribution in [3.05, 3.63) is 35.9 Å². The highest BCUT2D eigenvalue weighted by atomic mass is 16.2. The van der Waals surface area contributed by atoms with E-state index >= 15 is 0 Å². The second-order valence-electron chi connectivity index (χ2n) is 5.95. The van der Waals surface area contributed by atoms with Gasteiger partial charge in [0.15, 0.2) is 0 Å². The van der Waals surface area contributed by atoms with Gasteiger partial charge >= 0.3 is 0 Å². The molecule has 2 saturated carbocycles. The number of rotatable bonds is 4. The van der Waals surface area contributed by atoms with Crippen LogP contribution < -0.4 is 11.1 Å². The summed E-state index contributed by atoms with van der Waals surface area (Å²) in [6.07, 6.45) is 5.37. The van der Waals surface area contributed by atoms with E-state index in [-0.39, 0.29) is 11.3 Å². The molecule has 19 heavy (non-hydrogen) atoms. The fourth-order valence-electron chi connectivity index (χ4n) is 3.34. The molecular formula is C16H22N2O. The van der Waals surface area contributed by atoms with Crippen molar-refractivity contribution in [3.8, 4) is 0 Å². The standard InChI is InChI=1S/C16H22N2O/c17-11-12-5-4-8-14(12)18-15(19)16(9-10-16)13-6-2-1-3-7-13/h1-3,6-7,12,14H,4-5,8-11,17H2,(H,18,19). The van der Waals surface area contributed by atoms with E-state index in [4.69, 9.17) is 5.73 Å². The van der Waals surface area contributed by atoms with Gasteiger partial charge in [-0.25, -0.2) is 0 Å². The molecule has 3 rings (SSSR count). The van der Waals surface area contributed by atoms with Crippen LogP contribution in [0.15, 0.2) is 30.3 Å². The fraction of sp³-hybridized carbons (Fsp3) is 0.562. The number of nitrogens with two attached hydrogens (primary N) is 1. The summed E-state index contributed by atoms with van der Waals surface area (Å²) in [5.41, 5.74) is 6.70.